The topological polar surface area (TPSA) is 51.2 Å². The minimum Gasteiger partial charge on any atom is -0.466 e. The van der Waals surface area contributed by atoms with Crippen LogP contribution in [-0.4, -0.2) is 17.6 Å². The maximum absolute atomic E-state index is 11.4. The molecule has 1 heterocycles. The van der Waals surface area contributed by atoms with Crippen molar-refractivity contribution in [2.24, 2.45) is 0 Å². The molecule has 118 valence electrons. The Morgan fingerprint density at radius 2 is 1.96 bits per heavy atom. The van der Waals surface area contributed by atoms with Crippen molar-refractivity contribution in [2.45, 2.75) is 19.8 Å². The molecule has 4 nitrogen and oxygen atoms in total. The smallest absolute Gasteiger partial charge is 0.306 e. The SMILES string of the molecule is CCOC(=O)CCc1ccc(Nc2nc3ccccc3s2)cc1. The molecule has 5 heteroatoms. The van der Waals surface area contributed by atoms with Crippen LogP contribution in [0.4, 0.5) is 10.8 Å². The summed E-state index contributed by atoms with van der Waals surface area (Å²) in [5.41, 5.74) is 3.11. The highest BCUT2D eigenvalue weighted by atomic mass is 32.1. The van der Waals surface area contributed by atoms with Gasteiger partial charge in [0.15, 0.2) is 5.13 Å². The van der Waals surface area contributed by atoms with Crippen molar-refractivity contribution < 1.29 is 9.53 Å². The van der Waals surface area contributed by atoms with Crippen LogP contribution in [-0.2, 0) is 16.0 Å². The van der Waals surface area contributed by atoms with E-state index in [-0.39, 0.29) is 5.97 Å². The van der Waals surface area contributed by atoms with Gasteiger partial charge in [0, 0.05) is 12.1 Å². The largest absolute Gasteiger partial charge is 0.466 e. The number of hydrogen-bond donors (Lipinski definition) is 1. The number of thiazole rings is 1. The van der Waals surface area contributed by atoms with Gasteiger partial charge >= 0.3 is 5.97 Å². The molecule has 3 aromatic rings. The van der Waals surface area contributed by atoms with Crippen molar-refractivity contribution in [3.8, 4) is 0 Å². The highest BCUT2D eigenvalue weighted by Gasteiger charge is 2.05. The molecule has 1 aromatic heterocycles. The number of nitrogens with zero attached hydrogens (tertiary/aromatic N) is 1. The summed E-state index contributed by atoms with van der Waals surface area (Å²) < 4.78 is 6.10. The molecule has 0 aliphatic heterocycles. The third-order valence-corrected chi connectivity index (χ3v) is 4.37. The fourth-order valence-corrected chi connectivity index (χ4v) is 3.17. The molecule has 0 aliphatic carbocycles. The highest BCUT2D eigenvalue weighted by molar-refractivity contribution is 7.22. The first kappa shape index (κ1) is 15.5. The van der Waals surface area contributed by atoms with E-state index in [9.17, 15) is 4.79 Å². The number of benzene rings is 2. The second kappa shape index (κ2) is 7.24. The van der Waals surface area contributed by atoms with Crippen molar-refractivity contribution in [2.75, 3.05) is 11.9 Å². The Balaban J connectivity index is 1.61. The van der Waals surface area contributed by atoms with Gasteiger partial charge < -0.3 is 10.1 Å². The molecule has 1 N–H and O–H groups in total. The second-order valence-corrected chi connectivity index (χ2v) is 6.14. The number of carbonyl (C=O) groups excluding carboxylic acids is 1. The lowest BCUT2D eigenvalue weighted by molar-refractivity contribution is -0.143. The van der Waals surface area contributed by atoms with E-state index >= 15 is 0 Å². The van der Waals surface area contributed by atoms with Gasteiger partial charge in [-0.1, -0.05) is 35.6 Å². The van der Waals surface area contributed by atoms with Crippen LogP contribution in [0, 0.1) is 0 Å². The molecule has 0 saturated heterocycles. The zero-order valence-electron chi connectivity index (χ0n) is 12.9. The van der Waals surface area contributed by atoms with Gasteiger partial charge in [0.2, 0.25) is 0 Å². The van der Waals surface area contributed by atoms with E-state index in [4.69, 9.17) is 4.74 Å². The summed E-state index contributed by atoms with van der Waals surface area (Å²) in [6, 6.07) is 16.1. The average molecular weight is 326 g/mol. The number of carbonyl (C=O) groups is 1. The number of fused-ring (bicyclic) bond motifs is 1. The van der Waals surface area contributed by atoms with E-state index in [1.165, 1.54) is 4.70 Å². The van der Waals surface area contributed by atoms with E-state index in [1.807, 2.05) is 49.4 Å². The van der Waals surface area contributed by atoms with Crippen LogP contribution in [0.3, 0.4) is 0 Å². The normalized spacial score (nSPS) is 10.7. The zero-order chi connectivity index (χ0) is 16.1. The van der Waals surface area contributed by atoms with Crippen molar-refractivity contribution >= 4 is 38.3 Å². The molecule has 0 spiro atoms. The summed E-state index contributed by atoms with van der Waals surface area (Å²) in [5, 5.41) is 4.20. The Labute approximate surface area is 139 Å². The predicted octanol–water partition coefficient (Wildman–Crippen LogP) is 4.54. The number of ether oxygens (including phenoxy) is 1. The molecule has 0 fully saturated rings. The average Bonchev–Trinajstić information content (AvgIpc) is 2.97. The van der Waals surface area contributed by atoms with Crippen LogP contribution in [0.1, 0.15) is 18.9 Å². The predicted molar refractivity (Wildman–Crippen MR) is 94.3 cm³/mol. The summed E-state index contributed by atoms with van der Waals surface area (Å²) in [7, 11) is 0. The van der Waals surface area contributed by atoms with Gasteiger partial charge in [-0.25, -0.2) is 4.98 Å². The number of para-hydroxylation sites is 1. The number of aromatic nitrogens is 1. The van der Waals surface area contributed by atoms with E-state index in [0.717, 1.165) is 21.9 Å². The molecule has 0 saturated carbocycles. The lowest BCUT2D eigenvalue weighted by atomic mass is 10.1. The van der Waals surface area contributed by atoms with Gasteiger partial charge in [-0.2, -0.15) is 0 Å². The van der Waals surface area contributed by atoms with Gasteiger partial charge in [0.05, 0.1) is 16.8 Å². The second-order valence-electron chi connectivity index (χ2n) is 5.11. The fourth-order valence-electron chi connectivity index (χ4n) is 2.28. The number of rotatable bonds is 6. The molecule has 0 aliphatic rings. The molecule has 0 radical (unpaired) electrons. The van der Waals surface area contributed by atoms with E-state index in [1.54, 1.807) is 11.3 Å². The van der Waals surface area contributed by atoms with Gasteiger partial charge in [-0.05, 0) is 43.2 Å². The number of nitrogens with one attached hydrogen (secondary N) is 1. The Bertz CT molecular complexity index is 763. The summed E-state index contributed by atoms with van der Waals surface area (Å²) in [5.74, 6) is -0.149. The molecule has 23 heavy (non-hydrogen) atoms. The van der Waals surface area contributed by atoms with Gasteiger partial charge in [0.25, 0.3) is 0 Å². The monoisotopic (exact) mass is 326 g/mol. The van der Waals surface area contributed by atoms with Gasteiger partial charge in [0.1, 0.15) is 0 Å². The van der Waals surface area contributed by atoms with Crippen LogP contribution < -0.4 is 5.32 Å². The number of hydrogen-bond acceptors (Lipinski definition) is 5. The molecular weight excluding hydrogens is 308 g/mol. The molecule has 2 aromatic carbocycles. The fraction of sp³-hybridized carbons (Fsp3) is 0.222. The van der Waals surface area contributed by atoms with Crippen LogP contribution in [0.5, 0.6) is 0 Å². The summed E-state index contributed by atoms with van der Waals surface area (Å²) in [4.78, 5) is 15.9. The third kappa shape index (κ3) is 4.07. The van der Waals surface area contributed by atoms with Crippen LogP contribution in [0.25, 0.3) is 10.2 Å². The lowest BCUT2D eigenvalue weighted by Gasteiger charge is -2.05. The highest BCUT2D eigenvalue weighted by Crippen LogP contribution is 2.28. The molecule has 3 rings (SSSR count). The van der Waals surface area contributed by atoms with Crippen molar-refractivity contribution in [3.63, 3.8) is 0 Å². The van der Waals surface area contributed by atoms with E-state index in [2.05, 4.69) is 16.4 Å². The van der Waals surface area contributed by atoms with Gasteiger partial charge in [-0.15, -0.1) is 0 Å². The Morgan fingerprint density at radius 1 is 1.17 bits per heavy atom. The summed E-state index contributed by atoms with van der Waals surface area (Å²) in [6.45, 7) is 2.25. The van der Waals surface area contributed by atoms with E-state index < -0.39 is 0 Å². The van der Waals surface area contributed by atoms with Crippen molar-refractivity contribution in [1.82, 2.24) is 4.98 Å². The maximum Gasteiger partial charge on any atom is 0.306 e. The zero-order valence-corrected chi connectivity index (χ0v) is 13.7. The first-order chi connectivity index (χ1) is 11.2. The summed E-state index contributed by atoms with van der Waals surface area (Å²) in [6.07, 6.45) is 1.11. The standard InChI is InChI=1S/C18H18N2O2S/c1-2-22-17(21)12-9-13-7-10-14(11-8-13)19-18-20-15-5-3-4-6-16(15)23-18/h3-8,10-11H,2,9,12H2,1H3,(H,19,20). The minimum absolute atomic E-state index is 0.149. The van der Waals surface area contributed by atoms with Crippen LogP contribution >= 0.6 is 11.3 Å². The Hall–Kier alpha value is -2.40. The van der Waals surface area contributed by atoms with Gasteiger partial charge in [-0.3, -0.25) is 4.79 Å². The third-order valence-electron chi connectivity index (χ3n) is 3.42. The number of anilines is 2. The molecule has 0 atom stereocenters. The lowest BCUT2D eigenvalue weighted by Crippen LogP contribution is -2.05. The van der Waals surface area contributed by atoms with Crippen molar-refractivity contribution in [1.29, 1.82) is 0 Å². The van der Waals surface area contributed by atoms with E-state index in [0.29, 0.717) is 19.4 Å². The molecule has 0 unspecified atom stereocenters. The first-order valence-electron chi connectivity index (χ1n) is 7.62. The molecular formula is C18H18N2O2S. The minimum atomic E-state index is -0.149. The van der Waals surface area contributed by atoms with Crippen LogP contribution in [0.2, 0.25) is 0 Å². The Morgan fingerprint density at radius 3 is 2.70 bits per heavy atom. The Kier molecular flexibility index (Phi) is 4.88. The quantitative estimate of drug-likeness (QED) is 0.676. The molecule has 0 amide bonds. The molecule has 0 bridgehead atoms. The first-order valence-corrected chi connectivity index (χ1v) is 8.43. The number of esters is 1. The van der Waals surface area contributed by atoms with Crippen LogP contribution in [0.15, 0.2) is 48.5 Å². The number of aryl methyl sites for hydroxylation is 1. The van der Waals surface area contributed by atoms with Crippen molar-refractivity contribution in [3.05, 3.63) is 54.1 Å². The maximum atomic E-state index is 11.4. The summed E-state index contributed by atoms with van der Waals surface area (Å²) >= 11 is 1.63.